The molecule has 0 amide bonds. The van der Waals surface area contributed by atoms with E-state index in [9.17, 15) is 10.00 Å². The predicted octanol–water partition coefficient (Wildman–Crippen LogP) is 4.41. The molecule has 0 spiro atoms. The summed E-state index contributed by atoms with van der Waals surface area (Å²) in [5.74, 6) is 0.800. The lowest BCUT2D eigenvalue weighted by Crippen LogP contribution is -2.11. The van der Waals surface area contributed by atoms with Crippen molar-refractivity contribution in [1.82, 2.24) is 0 Å². The molecule has 1 aromatic carbocycles. The fraction of sp³-hybridized carbons (Fsp3) is 0.600. The van der Waals surface area contributed by atoms with Gasteiger partial charge in [0.05, 0.1) is 6.61 Å². The van der Waals surface area contributed by atoms with Crippen LogP contribution in [0.3, 0.4) is 0 Å². The molecular formula is C15H25O4P. The summed E-state index contributed by atoms with van der Waals surface area (Å²) >= 11 is 0. The van der Waals surface area contributed by atoms with Crippen LogP contribution in [0.4, 0.5) is 0 Å². The van der Waals surface area contributed by atoms with E-state index in [0.717, 1.165) is 24.0 Å². The minimum atomic E-state index is -1.92. The maximum absolute atomic E-state index is 10.0. The molecule has 0 aromatic heterocycles. The van der Waals surface area contributed by atoms with Crippen LogP contribution >= 0.6 is 8.60 Å². The van der Waals surface area contributed by atoms with E-state index in [-0.39, 0.29) is 11.2 Å². The van der Waals surface area contributed by atoms with Gasteiger partial charge in [-0.05, 0) is 36.5 Å². The summed E-state index contributed by atoms with van der Waals surface area (Å²) in [7, 11) is -1.92. The van der Waals surface area contributed by atoms with Crippen molar-refractivity contribution in [2.24, 2.45) is 0 Å². The zero-order chi connectivity index (χ0) is 15.3. The maximum Gasteiger partial charge on any atom is 0.394 e. The Morgan fingerprint density at radius 2 is 1.90 bits per heavy atom. The highest BCUT2D eigenvalue weighted by Crippen LogP contribution is 2.41. The quantitative estimate of drug-likeness (QED) is 0.603. The Hall–Kier alpha value is -0.830. The predicted molar refractivity (Wildman–Crippen MR) is 82.2 cm³/mol. The van der Waals surface area contributed by atoms with E-state index in [0.29, 0.717) is 12.4 Å². The lowest BCUT2D eigenvalue weighted by atomic mass is 9.85. The van der Waals surface area contributed by atoms with Crippen LogP contribution < -0.4 is 4.52 Å². The summed E-state index contributed by atoms with van der Waals surface area (Å²) < 4.78 is 10.7. The molecule has 0 saturated carbocycles. The summed E-state index contributed by atoms with van der Waals surface area (Å²) in [5.41, 5.74) is 1.36. The summed E-state index contributed by atoms with van der Waals surface area (Å²) in [6.07, 6.45) is 1.90. The number of hydrogen-bond donors (Lipinski definition) is 2. The Balaban J connectivity index is 2.84. The fourth-order valence-corrected chi connectivity index (χ4v) is 2.47. The van der Waals surface area contributed by atoms with Crippen molar-refractivity contribution < 1.29 is 19.0 Å². The molecule has 4 nitrogen and oxygen atoms in total. The number of unbranched alkanes of at least 4 members (excludes halogenated alkanes) is 1. The Kier molecular flexibility index (Phi) is 6.25. The van der Waals surface area contributed by atoms with E-state index in [1.807, 2.05) is 27.7 Å². The molecule has 2 N–H and O–H groups in total. The Morgan fingerprint density at radius 3 is 2.45 bits per heavy atom. The SMILES string of the molecule is CCCCOP(O)Oc1cc(C(C)(C)C)c(O)cc1C. The lowest BCUT2D eigenvalue weighted by molar-refractivity contribution is 0.255. The molecule has 0 saturated heterocycles. The topological polar surface area (TPSA) is 58.9 Å². The molecule has 20 heavy (non-hydrogen) atoms. The van der Waals surface area contributed by atoms with Crippen LogP contribution in [-0.2, 0) is 9.94 Å². The van der Waals surface area contributed by atoms with E-state index in [1.165, 1.54) is 0 Å². The minimum Gasteiger partial charge on any atom is -0.508 e. The van der Waals surface area contributed by atoms with Crippen LogP contribution in [0.2, 0.25) is 0 Å². The monoisotopic (exact) mass is 300 g/mol. The normalized spacial score (nSPS) is 13.3. The van der Waals surface area contributed by atoms with Gasteiger partial charge in [0.1, 0.15) is 11.5 Å². The van der Waals surface area contributed by atoms with Crippen LogP contribution in [0, 0.1) is 6.92 Å². The van der Waals surface area contributed by atoms with Crippen molar-refractivity contribution in [3.63, 3.8) is 0 Å². The molecule has 1 atom stereocenters. The number of benzene rings is 1. The fourth-order valence-electron chi connectivity index (χ4n) is 1.77. The van der Waals surface area contributed by atoms with Gasteiger partial charge in [-0.2, -0.15) is 0 Å². The van der Waals surface area contributed by atoms with Crippen LogP contribution in [0.1, 0.15) is 51.7 Å². The van der Waals surface area contributed by atoms with Crippen molar-refractivity contribution >= 4 is 8.60 Å². The van der Waals surface area contributed by atoms with Crippen LogP contribution in [0.25, 0.3) is 0 Å². The van der Waals surface area contributed by atoms with Gasteiger partial charge in [0.25, 0.3) is 0 Å². The first kappa shape index (κ1) is 17.2. The zero-order valence-electron chi connectivity index (χ0n) is 12.9. The Labute approximate surface area is 122 Å². The molecule has 0 aliphatic rings. The molecule has 5 heteroatoms. The second kappa shape index (κ2) is 7.26. The third-order valence-corrected chi connectivity index (χ3v) is 3.73. The van der Waals surface area contributed by atoms with Crippen molar-refractivity contribution in [3.8, 4) is 11.5 Å². The number of rotatable bonds is 6. The average molecular weight is 300 g/mol. The summed E-state index contributed by atoms with van der Waals surface area (Å²) in [6.45, 7) is 10.4. The standard InChI is InChI=1S/C15H25O4P/c1-6-7-8-18-20(17)19-14-10-12(15(3,4)5)13(16)9-11(14)2/h9-10,16-17H,6-8H2,1-5H3. The van der Waals surface area contributed by atoms with Gasteiger partial charge in [-0.1, -0.05) is 34.1 Å². The number of phenolic OH excluding ortho intramolecular Hbond substituents is 1. The van der Waals surface area contributed by atoms with Crippen molar-refractivity contribution in [2.45, 2.75) is 52.9 Å². The third-order valence-electron chi connectivity index (χ3n) is 2.98. The molecule has 1 unspecified atom stereocenters. The minimum absolute atomic E-state index is 0.197. The molecule has 0 radical (unpaired) electrons. The molecule has 0 aliphatic carbocycles. The Bertz CT molecular complexity index is 440. The van der Waals surface area contributed by atoms with Crippen LogP contribution in [-0.4, -0.2) is 16.6 Å². The average Bonchev–Trinajstić information content (AvgIpc) is 2.31. The summed E-state index contributed by atoms with van der Waals surface area (Å²) in [5, 5.41) is 10.0. The molecule has 0 aliphatic heterocycles. The van der Waals surface area contributed by atoms with Gasteiger partial charge >= 0.3 is 8.60 Å². The number of phenols is 1. The largest absolute Gasteiger partial charge is 0.508 e. The molecular weight excluding hydrogens is 275 g/mol. The summed E-state index contributed by atoms with van der Waals surface area (Å²) in [6, 6.07) is 3.44. The lowest BCUT2D eigenvalue weighted by Gasteiger charge is -2.22. The first-order chi connectivity index (χ1) is 9.25. The first-order valence-corrected chi connectivity index (χ1v) is 8.02. The van der Waals surface area contributed by atoms with Gasteiger partial charge in [-0.3, -0.25) is 0 Å². The second-order valence-electron chi connectivity index (χ2n) is 5.90. The Morgan fingerprint density at radius 1 is 1.25 bits per heavy atom. The van der Waals surface area contributed by atoms with Gasteiger partial charge < -0.3 is 19.0 Å². The van der Waals surface area contributed by atoms with Crippen LogP contribution in [0.5, 0.6) is 11.5 Å². The highest BCUT2D eigenvalue weighted by Gasteiger charge is 2.21. The van der Waals surface area contributed by atoms with Crippen molar-refractivity contribution in [3.05, 3.63) is 23.3 Å². The summed E-state index contributed by atoms with van der Waals surface area (Å²) in [4.78, 5) is 9.77. The zero-order valence-corrected chi connectivity index (χ0v) is 13.8. The van der Waals surface area contributed by atoms with E-state index in [4.69, 9.17) is 9.05 Å². The highest BCUT2D eigenvalue weighted by molar-refractivity contribution is 7.41. The molecule has 0 heterocycles. The van der Waals surface area contributed by atoms with Gasteiger partial charge in [0.2, 0.25) is 0 Å². The molecule has 0 bridgehead atoms. The molecule has 1 rings (SSSR count). The van der Waals surface area contributed by atoms with Crippen LogP contribution in [0.15, 0.2) is 12.1 Å². The van der Waals surface area contributed by atoms with Crippen molar-refractivity contribution in [1.29, 1.82) is 0 Å². The first-order valence-electron chi connectivity index (χ1n) is 6.89. The van der Waals surface area contributed by atoms with E-state index < -0.39 is 8.60 Å². The number of hydrogen-bond acceptors (Lipinski definition) is 4. The van der Waals surface area contributed by atoms with Gasteiger partial charge in [-0.25, -0.2) is 0 Å². The molecule has 1 aromatic rings. The second-order valence-corrected chi connectivity index (χ2v) is 6.82. The third kappa shape index (κ3) is 4.93. The number of aromatic hydroxyl groups is 1. The maximum atomic E-state index is 10.0. The smallest absolute Gasteiger partial charge is 0.394 e. The highest BCUT2D eigenvalue weighted by atomic mass is 31.2. The number of aryl methyl sites for hydroxylation is 1. The van der Waals surface area contributed by atoms with E-state index in [2.05, 4.69) is 6.92 Å². The van der Waals surface area contributed by atoms with E-state index in [1.54, 1.807) is 12.1 Å². The molecule has 0 fully saturated rings. The molecule has 114 valence electrons. The van der Waals surface area contributed by atoms with Crippen molar-refractivity contribution in [2.75, 3.05) is 6.61 Å². The van der Waals surface area contributed by atoms with Gasteiger partial charge in [0.15, 0.2) is 0 Å². The van der Waals surface area contributed by atoms with Gasteiger partial charge in [0, 0.05) is 5.56 Å². The van der Waals surface area contributed by atoms with Gasteiger partial charge in [-0.15, -0.1) is 0 Å². The van der Waals surface area contributed by atoms with E-state index >= 15 is 0 Å².